The van der Waals surface area contributed by atoms with Crippen molar-refractivity contribution in [1.82, 2.24) is 4.57 Å². The van der Waals surface area contributed by atoms with Gasteiger partial charge in [-0.15, -0.1) is 0 Å². The second-order valence-corrected chi connectivity index (χ2v) is 5.18. The smallest absolute Gasteiger partial charge is 0.372 e. The SMILES string of the molecule is O=C(C1CCCCC1)n1c(=O)oc(=O)c2ccccc21. The molecule has 3 rings (SSSR count). The fourth-order valence-electron chi connectivity index (χ4n) is 2.86. The van der Waals surface area contributed by atoms with Gasteiger partial charge in [0, 0.05) is 5.92 Å². The highest BCUT2D eigenvalue weighted by Gasteiger charge is 2.25. The monoisotopic (exact) mass is 273 g/mol. The summed E-state index contributed by atoms with van der Waals surface area (Å²) in [7, 11) is 0. The van der Waals surface area contributed by atoms with E-state index in [0.717, 1.165) is 36.7 Å². The van der Waals surface area contributed by atoms with Gasteiger partial charge < -0.3 is 4.42 Å². The lowest BCUT2D eigenvalue weighted by Crippen LogP contribution is -2.35. The number of hydrogen-bond acceptors (Lipinski definition) is 4. The Balaban J connectivity index is 2.18. The average molecular weight is 273 g/mol. The van der Waals surface area contributed by atoms with Crippen molar-refractivity contribution in [2.75, 3.05) is 0 Å². The van der Waals surface area contributed by atoms with Crippen molar-refractivity contribution in [3.63, 3.8) is 0 Å². The molecule has 1 aromatic heterocycles. The predicted molar refractivity (Wildman–Crippen MR) is 73.9 cm³/mol. The number of para-hydroxylation sites is 1. The van der Waals surface area contributed by atoms with Crippen molar-refractivity contribution >= 4 is 16.8 Å². The lowest BCUT2D eigenvalue weighted by atomic mass is 9.88. The topological polar surface area (TPSA) is 69.3 Å². The number of rotatable bonds is 1. The fraction of sp³-hybridized carbons (Fsp3) is 0.400. The Bertz CT molecular complexity index is 765. The number of benzene rings is 1. The van der Waals surface area contributed by atoms with Gasteiger partial charge in [-0.2, -0.15) is 0 Å². The highest BCUT2D eigenvalue weighted by molar-refractivity contribution is 5.91. The number of fused-ring (bicyclic) bond motifs is 1. The summed E-state index contributed by atoms with van der Waals surface area (Å²) in [5.41, 5.74) is -0.359. The van der Waals surface area contributed by atoms with Gasteiger partial charge in [-0.05, 0) is 25.0 Å². The van der Waals surface area contributed by atoms with Crippen LogP contribution in [0.1, 0.15) is 36.9 Å². The molecule has 104 valence electrons. The molecule has 0 spiro atoms. The second-order valence-electron chi connectivity index (χ2n) is 5.18. The van der Waals surface area contributed by atoms with Gasteiger partial charge in [0.05, 0.1) is 10.9 Å². The zero-order valence-electron chi connectivity index (χ0n) is 11.0. The molecule has 0 radical (unpaired) electrons. The minimum Gasteiger partial charge on any atom is -0.372 e. The highest BCUT2D eigenvalue weighted by atomic mass is 16.4. The molecule has 5 heteroatoms. The zero-order chi connectivity index (χ0) is 14.1. The molecule has 20 heavy (non-hydrogen) atoms. The van der Waals surface area contributed by atoms with Crippen LogP contribution in [0.4, 0.5) is 0 Å². The first kappa shape index (κ1) is 12.8. The first-order valence-electron chi connectivity index (χ1n) is 6.87. The van der Waals surface area contributed by atoms with Gasteiger partial charge in [-0.25, -0.2) is 14.2 Å². The Kier molecular flexibility index (Phi) is 3.26. The van der Waals surface area contributed by atoms with Crippen LogP contribution in [0.3, 0.4) is 0 Å². The van der Waals surface area contributed by atoms with Crippen molar-refractivity contribution in [2.24, 2.45) is 5.92 Å². The molecule has 0 bridgehead atoms. The molecule has 1 aliphatic rings. The quantitative estimate of drug-likeness (QED) is 0.798. The van der Waals surface area contributed by atoms with Crippen LogP contribution in [0.25, 0.3) is 10.9 Å². The highest BCUT2D eigenvalue weighted by Crippen LogP contribution is 2.25. The van der Waals surface area contributed by atoms with Gasteiger partial charge in [0.1, 0.15) is 0 Å². The Hall–Kier alpha value is -2.17. The van der Waals surface area contributed by atoms with Gasteiger partial charge in [0.2, 0.25) is 5.91 Å². The van der Waals surface area contributed by atoms with Crippen LogP contribution in [-0.2, 0) is 0 Å². The Morgan fingerprint density at radius 3 is 2.55 bits per heavy atom. The Morgan fingerprint density at radius 2 is 1.80 bits per heavy atom. The lowest BCUT2D eigenvalue weighted by Gasteiger charge is -2.20. The summed E-state index contributed by atoms with van der Waals surface area (Å²) in [6, 6.07) is 6.55. The van der Waals surface area contributed by atoms with Gasteiger partial charge in [0.15, 0.2) is 0 Å². The predicted octanol–water partition coefficient (Wildman–Crippen LogP) is 2.18. The van der Waals surface area contributed by atoms with Crippen LogP contribution in [0, 0.1) is 5.92 Å². The lowest BCUT2D eigenvalue weighted by molar-refractivity contribution is 0.0791. The molecule has 0 amide bonds. The molecular weight excluding hydrogens is 258 g/mol. The molecule has 1 saturated carbocycles. The van der Waals surface area contributed by atoms with Gasteiger partial charge >= 0.3 is 11.4 Å². The molecule has 0 saturated heterocycles. The molecule has 1 fully saturated rings. The molecule has 1 heterocycles. The molecule has 0 aliphatic heterocycles. The first-order chi connectivity index (χ1) is 9.68. The largest absolute Gasteiger partial charge is 0.429 e. The second kappa shape index (κ2) is 5.07. The molecular formula is C15H15NO4. The summed E-state index contributed by atoms with van der Waals surface area (Å²) >= 11 is 0. The van der Waals surface area contributed by atoms with Crippen molar-refractivity contribution < 1.29 is 9.21 Å². The van der Waals surface area contributed by atoms with E-state index in [9.17, 15) is 14.4 Å². The summed E-state index contributed by atoms with van der Waals surface area (Å²) in [6.07, 6.45) is 4.71. The maximum Gasteiger partial charge on any atom is 0.429 e. The third-order valence-electron chi connectivity index (χ3n) is 3.90. The van der Waals surface area contributed by atoms with E-state index >= 15 is 0 Å². The van der Waals surface area contributed by atoms with E-state index in [4.69, 9.17) is 0 Å². The van der Waals surface area contributed by atoms with Gasteiger partial charge in [-0.3, -0.25) is 4.79 Å². The van der Waals surface area contributed by atoms with Crippen molar-refractivity contribution in [3.8, 4) is 0 Å². The summed E-state index contributed by atoms with van der Waals surface area (Å²) < 4.78 is 5.69. The van der Waals surface area contributed by atoms with Crippen molar-refractivity contribution in [2.45, 2.75) is 32.1 Å². The number of aromatic nitrogens is 1. The Morgan fingerprint density at radius 1 is 1.10 bits per heavy atom. The summed E-state index contributed by atoms with van der Waals surface area (Å²) in [4.78, 5) is 36.1. The van der Waals surface area contributed by atoms with Crippen LogP contribution in [0.5, 0.6) is 0 Å². The van der Waals surface area contributed by atoms with Crippen LogP contribution in [0.2, 0.25) is 0 Å². The first-order valence-corrected chi connectivity index (χ1v) is 6.87. The van der Waals surface area contributed by atoms with Crippen LogP contribution >= 0.6 is 0 Å². The summed E-state index contributed by atoms with van der Waals surface area (Å²) in [5.74, 6) is -1.29. The zero-order valence-corrected chi connectivity index (χ0v) is 11.0. The van der Waals surface area contributed by atoms with E-state index in [1.807, 2.05) is 0 Å². The molecule has 2 aromatic rings. The van der Waals surface area contributed by atoms with Crippen molar-refractivity contribution in [1.29, 1.82) is 0 Å². The Labute approximate surface area is 114 Å². The maximum atomic E-state index is 12.5. The third-order valence-corrected chi connectivity index (χ3v) is 3.90. The van der Waals surface area contributed by atoms with Crippen molar-refractivity contribution in [3.05, 3.63) is 45.2 Å². The van der Waals surface area contributed by atoms with Crippen LogP contribution in [0.15, 0.2) is 38.3 Å². The molecule has 0 N–H and O–H groups in total. The molecule has 1 aliphatic carbocycles. The third kappa shape index (κ3) is 2.09. The molecule has 0 atom stereocenters. The number of hydrogen-bond donors (Lipinski definition) is 0. The van der Waals surface area contributed by atoms with E-state index < -0.39 is 11.4 Å². The van der Waals surface area contributed by atoms with Gasteiger partial charge in [0.25, 0.3) is 0 Å². The van der Waals surface area contributed by atoms with Gasteiger partial charge in [-0.1, -0.05) is 31.4 Å². The molecule has 5 nitrogen and oxygen atoms in total. The number of nitrogens with zero attached hydrogens (tertiary/aromatic N) is 1. The number of carbonyl (C=O) groups is 1. The van der Waals surface area contributed by atoms with E-state index in [1.54, 1.807) is 24.3 Å². The summed E-state index contributed by atoms with van der Waals surface area (Å²) in [6.45, 7) is 0. The minimum atomic E-state index is -0.885. The normalized spacial score (nSPS) is 16.4. The number of carbonyl (C=O) groups excluding carboxylic acids is 1. The molecule has 1 aromatic carbocycles. The van der Waals surface area contributed by atoms with E-state index in [1.165, 1.54) is 0 Å². The average Bonchev–Trinajstić information content (AvgIpc) is 2.48. The van der Waals surface area contributed by atoms with E-state index in [-0.39, 0.29) is 17.2 Å². The van der Waals surface area contributed by atoms with Crippen LogP contribution in [-0.4, -0.2) is 10.5 Å². The van der Waals surface area contributed by atoms with E-state index in [2.05, 4.69) is 4.42 Å². The van der Waals surface area contributed by atoms with Crippen LogP contribution < -0.4 is 11.4 Å². The minimum absolute atomic E-state index is 0.155. The standard InChI is InChI=1S/C15H15NO4/c17-13(10-6-2-1-3-7-10)16-12-9-5-4-8-11(12)14(18)20-15(16)19/h4-5,8-10H,1-3,6-7H2. The van der Waals surface area contributed by atoms with E-state index in [0.29, 0.717) is 5.52 Å². The maximum absolute atomic E-state index is 12.5. The molecule has 0 unspecified atom stereocenters. The fourth-order valence-corrected chi connectivity index (χ4v) is 2.86. The summed E-state index contributed by atoms with van der Waals surface area (Å²) in [5, 5.41) is 0.260.